The second-order valence-corrected chi connectivity index (χ2v) is 6.06. The first-order chi connectivity index (χ1) is 11.7. The number of likely N-dealkylation sites (tertiary alicyclic amines) is 1. The number of benzene rings is 1. The van der Waals surface area contributed by atoms with E-state index in [1.54, 1.807) is 15.9 Å². The second-order valence-electron chi connectivity index (χ2n) is 6.06. The van der Waals surface area contributed by atoms with E-state index < -0.39 is 0 Å². The Labute approximate surface area is 142 Å². The number of pyridine rings is 1. The zero-order chi connectivity index (χ0) is 17.1. The van der Waals surface area contributed by atoms with E-state index in [1.165, 1.54) is 0 Å². The number of amides is 2. The largest absolute Gasteiger partial charge is 0.341 e. The number of fused-ring (bicyclic) bond motifs is 1. The molecule has 24 heavy (non-hydrogen) atoms. The van der Waals surface area contributed by atoms with Gasteiger partial charge in [0.2, 0.25) is 5.91 Å². The summed E-state index contributed by atoms with van der Waals surface area (Å²) in [5.41, 5.74) is 1.21. The Morgan fingerprint density at radius 1 is 1.17 bits per heavy atom. The molecule has 0 radical (unpaired) electrons. The van der Waals surface area contributed by atoms with Gasteiger partial charge in [-0.15, -0.1) is 0 Å². The number of hydrogen-bond donors (Lipinski definition) is 0. The normalized spacial score (nSPS) is 17.2. The highest BCUT2D eigenvalue weighted by molar-refractivity contribution is 5.98. The third-order valence-corrected chi connectivity index (χ3v) is 4.69. The number of likely N-dealkylation sites (N-methyl/N-ethyl adjacent to an activating group) is 1. The number of hydrogen-bond acceptors (Lipinski definition) is 3. The van der Waals surface area contributed by atoms with Crippen molar-refractivity contribution in [3.63, 3.8) is 0 Å². The van der Waals surface area contributed by atoms with Gasteiger partial charge in [-0.25, -0.2) is 4.98 Å². The molecule has 126 valence electrons. The molecular formula is C19H23N3O2. The molecule has 3 rings (SSSR count). The third-order valence-electron chi connectivity index (χ3n) is 4.69. The molecule has 5 nitrogen and oxygen atoms in total. The molecule has 0 saturated carbocycles. The van der Waals surface area contributed by atoms with Crippen LogP contribution in [0.25, 0.3) is 10.9 Å². The van der Waals surface area contributed by atoms with Crippen LogP contribution in [0.4, 0.5) is 0 Å². The van der Waals surface area contributed by atoms with E-state index in [1.807, 2.05) is 44.2 Å². The lowest BCUT2D eigenvalue weighted by molar-refractivity contribution is -0.134. The van der Waals surface area contributed by atoms with E-state index in [2.05, 4.69) is 4.98 Å². The van der Waals surface area contributed by atoms with Gasteiger partial charge in [0.25, 0.3) is 5.91 Å². The topological polar surface area (TPSA) is 53.5 Å². The van der Waals surface area contributed by atoms with E-state index in [9.17, 15) is 9.59 Å². The summed E-state index contributed by atoms with van der Waals surface area (Å²) in [5.74, 6) is -0.101. The van der Waals surface area contributed by atoms with Crippen LogP contribution in [0.1, 0.15) is 37.2 Å². The summed E-state index contributed by atoms with van der Waals surface area (Å²) in [6.07, 6.45) is 1.59. The van der Waals surface area contributed by atoms with Gasteiger partial charge in [0, 0.05) is 25.0 Å². The number of carbonyl (C=O) groups is 2. The first-order valence-corrected chi connectivity index (χ1v) is 8.61. The Kier molecular flexibility index (Phi) is 4.79. The summed E-state index contributed by atoms with van der Waals surface area (Å²) in [7, 11) is 0. The average Bonchev–Trinajstić information content (AvgIpc) is 3.11. The molecule has 5 heteroatoms. The van der Waals surface area contributed by atoms with Crippen LogP contribution < -0.4 is 0 Å². The fourth-order valence-corrected chi connectivity index (χ4v) is 3.34. The number of carbonyl (C=O) groups excluding carboxylic acids is 2. The predicted octanol–water partition coefficient (Wildman–Crippen LogP) is 2.71. The lowest BCUT2D eigenvalue weighted by atomic mass is 10.1. The Hall–Kier alpha value is -2.43. The number of para-hydroxylation sites is 1. The fraction of sp³-hybridized carbons (Fsp3) is 0.421. The van der Waals surface area contributed by atoms with Gasteiger partial charge in [-0.2, -0.15) is 0 Å². The van der Waals surface area contributed by atoms with Crippen molar-refractivity contribution in [1.82, 2.24) is 14.8 Å². The van der Waals surface area contributed by atoms with E-state index >= 15 is 0 Å². The van der Waals surface area contributed by atoms with Crippen LogP contribution in [-0.2, 0) is 4.79 Å². The standard InChI is InChI=1S/C19H23N3O2/c1-3-21(4-2)19(24)17-10-7-13-22(17)18(23)16-12-11-14-8-5-6-9-15(14)20-16/h5-6,8-9,11-12,17H,3-4,7,10,13H2,1-2H3. The zero-order valence-electron chi connectivity index (χ0n) is 14.2. The second kappa shape index (κ2) is 6.99. The van der Waals surface area contributed by atoms with Gasteiger partial charge < -0.3 is 9.80 Å². The molecule has 2 heterocycles. The molecule has 1 atom stereocenters. The highest BCUT2D eigenvalue weighted by Gasteiger charge is 2.36. The Bertz CT molecular complexity index is 755. The molecule has 1 unspecified atom stereocenters. The maximum Gasteiger partial charge on any atom is 0.273 e. The van der Waals surface area contributed by atoms with Crippen molar-refractivity contribution in [2.24, 2.45) is 0 Å². The summed E-state index contributed by atoms with van der Waals surface area (Å²) >= 11 is 0. The van der Waals surface area contributed by atoms with Crippen molar-refractivity contribution in [1.29, 1.82) is 0 Å². The Morgan fingerprint density at radius 3 is 2.67 bits per heavy atom. The van der Waals surface area contributed by atoms with Crippen LogP contribution in [0.2, 0.25) is 0 Å². The summed E-state index contributed by atoms with van der Waals surface area (Å²) in [4.78, 5) is 33.5. The molecule has 0 aliphatic carbocycles. The molecule has 2 amide bonds. The lowest BCUT2D eigenvalue weighted by Gasteiger charge is -2.28. The first kappa shape index (κ1) is 16.4. The van der Waals surface area contributed by atoms with Crippen molar-refractivity contribution < 1.29 is 9.59 Å². The van der Waals surface area contributed by atoms with Gasteiger partial charge >= 0.3 is 0 Å². The van der Waals surface area contributed by atoms with Gasteiger partial charge in [0.15, 0.2) is 0 Å². The zero-order valence-corrected chi connectivity index (χ0v) is 14.2. The molecule has 2 aromatic rings. The van der Waals surface area contributed by atoms with Gasteiger partial charge in [0.05, 0.1) is 5.52 Å². The average molecular weight is 325 g/mol. The van der Waals surface area contributed by atoms with Crippen molar-refractivity contribution >= 4 is 22.7 Å². The molecule has 1 saturated heterocycles. The van der Waals surface area contributed by atoms with E-state index in [4.69, 9.17) is 0 Å². The number of nitrogens with zero attached hydrogens (tertiary/aromatic N) is 3. The summed E-state index contributed by atoms with van der Waals surface area (Å²) < 4.78 is 0. The molecule has 1 aliphatic heterocycles. The van der Waals surface area contributed by atoms with Gasteiger partial charge in [-0.3, -0.25) is 9.59 Å². The maximum atomic E-state index is 12.9. The van der Waals surface area contributed by atoms with Crippen LogP contribution in [-0.4, -0.2) is 52.3 Å². The molecule has 1 aliphatic rings. The smallest absolute Gasteiger partial charge is 0.273 e. The Balaban J connectivity index is 1.85. The molecule has 1 aromatic carbocycles. The van der Waals surface area contributed by atoms with Crippen LogP contribution in [0.5, 0.6) is 0 Å². The lowest BCUT2D eigenvalue weighted by Crippen LogP contribution is -2.47. The van der Waals surface area contributed by atoms with E-state index in [-0.39, 0.29) is 17.9 Å². The minimum atomic E-state index is -0.356. The van der Waals surface area contributed by atoms with Crippen LogP contribution in [0.3, 0.4) is 0 Å². The van der Waals surface area contributed by atoms with Gasteiger partial charge in [-0.05, 0) is 38.8 Å². The molecule has 1 fully saturated rings. The van der Waals surface area contributed by atoms with Gasteiger partial charge in [-0.1, -0.05) is 24.3 Å². The minimum absolute atomic E-state index is 0.0478. The highest BCUT2D eigenvalue weighted by Crippen LogP contribution is 2.22. The summed E-state index contributed by atoms with van der Waals surface area (Å²) in [5, 5.41) is 1.01. The molecule has 0 N–H and O–H groups in total. The van der Waals surface area contributed by atoms with Gasteiger partial charge in [0.1, 0.15) is 11.7 Å². The van der Waals surface area contributed by atoms with E-state index in [0.717, 1.165) is 23.7 Å². The first-order valence-electron chi connectivity index (χ1n) is 8.61. The maximum absolute atomic E-state index is 12.9. The summed E-state index contributed by atoms with van der Waals surface area (Å²) in [6, 6.07) is 11.0. The fourth-order valence-electron chi connectivity index (χ4n) is 3.34. The molecule has 1 aromatic heterocycles. The van der Waals surface area contributed by atoms with Crippen LogP contribution >= 0.6 is 0 Å². The predicted molar refractivity (Wildman–Crippen MR) is 93.7 cm³/mol. The summed E-state index contributed by atoms with van der Waals surface area (Å²) in [6.45, 7) is 5.88. The molecule has 0 spiro atoms. The van der Waals surface area contributed by atoms with E-state index in [0.29, 0.717) is 25.3 Å². The third kappa shape index (κ3) is 2.98. The molecular weight excluding hydrogens is 302 g/mol. The minimum Gasteiger partial charge on any atom is -0.341 e. The van der Waals surface area contributed by atoms with Crippen molar-refractivity contribution in [3.05, 3.63) is 42.1 Å². The SMILES string of the molecule is CCN(CC)C(=O)C1CCCN1C(=O)c1ccc2ccccc2n1. The Morgan fingerprint density at radius 2 is 1.92 bits per heavy atom. The van der Waals surface area contributed by atoms with Crippen molar-refractivity contribution in [2.45, 2.75) is 32.7 Å². The molecule has 0 bridgehead atoms. The van der Waals surface area contributed by atoms with Crippen molar-refractivity contribution in [3.8, 4) is 0 Å². The van der Waals surface area contributed by atoms with Crippen LogP contribution in [0, 0.1) is 0 Å². The highest BCUT2D eigenvalue weighted by atomic mass is 16.2. The number of rotatable bonds is 4. The quantitative estimate of drug-likeness (QED) is 0.868. The monoisotopic (exact) mass is 325 g/mol. The number of aromatic nitrogens is 1. The van der Waals surface area contributed by atoms with Crippen LogP contribution in [0.15, 0.2) is 36.4 Å². The van der Waals surface area contributed by atoms with Crippen molar-refractivity contribution in [2.75, 3.05) is 19.6 Å².